The highest BCUT2D eigenvalue weighted by atomic mass is 19.1. The number of ether oxygens (including phenoxy) is 1. The van der Waals surface area contributed by atoms with Gasteiger partial charge in [0.05, 0.1) is 18.0 Å². The van der Waals surface area contributed by atoms with E-state index in [1.807, 2.05) is 6.92 Å². The Morgan fingerprint density at radius 1 is 1.17 bits per heavy atom. The minimum atomic E-state index is -0.754. The molecule has 156 valence electrons. The second kappa shape index (κ2) is 9.75. The molecule has 0 fully saturated rings. The number of carbonyl (C=O) groups excluding carboxylic acids is 1. The number of hydrogen-bond acceptors (Lipinski definition) is 5. The van der Waals surface area contributed by atoms with Gasteiger partial charge in [-0.1, -0.05) is 18.2 Å². The van der Waals surface area contributed by atoms with Crippen molar-refractivity contribution in [2.75, 3.05) is 29.3 Å². The second-order valence-electron chi connectivity index (χ2n) is 6.46. The summed E-state index contributed by atoms with van der Waals surface area (Å²) in [6, 6.07) is 12.3. The van der Waals surface area contributed by atoms with E-state index in [1.54, 1.807) is 43.5 Å². The molecule has 0 aliphatic carbocycles. The van der Waals surface area contributed by atoms with Crippen LogP contribution in [0.25, 0.3) is 0 Å². The van der Waals surface area contributed by atoms with Gasteiger partial charge in [-0.3, -0.25) is 0 Å². The minimum Gasteiger partial charge on any atom is -0.383 e. The largest absolute Gasteiger partial charge is 0.383 e. The molecule has 0 saturated carbocycles. The summed E-state index contributed by atoms with van der Waals surface area (Å²) in [5, 5.41) is 5.48. The highest BCUT2D eigenvalue weighted by molar-refractivity contribution is 6.06. The molecule has 1 unspecified atom stereocenters. The quantitative estimate of drug-likeness (QED) is 0.593. The fourth-order valence-electron chi connectivity index (χ4n) is 2.75. The van der Waals surface area contributed by atoms with E-state index in [-0.39, 0.29) is 17.5 Å². The summed E-state index contributed by atoms with van der Waals surface area (Å²) in [6.45, 7) is 2.34. The predicted octanol–water partition coefficient (Wildman–Crippen LogP) is 4.57. The maximum absolute atomic E-state index is 14.0. The number of rotatable bonds is 7. The van der Waals surface area contributed by atoms with E-state index >= 15 is 0 Å². The van der Waals surface area contributed by atoms with Crippen LogP contribution in [-0.4, -0.2) is 35.8 Å². The smallest absolute Gasteiger partial charge is 0.332 e. The van der Waals surface area contributed by atoms with Gasteiger partial charge < -0.3 is 15.4 Å². The van der Waals surface area contributed by atoms with Gasteiger partial charge >= 0.3 is 6.03 Å². The van der Waals surface area contributed by atoms with Crippen molar-refractivity contribution in [3.63, 3.8) is 0 Å². The molecule has 30 heavy (non-hydrogen) atoms. The van der Waals surface area contributed by atoms with Crippen LogP contribution < -0.4 is 15.5 Å². The lowest BCUT2D eigenvalue weighted by Gasteiger charge is -2.23. The lowest BCUT2D eigenvalue weighted by molar-refractivity contribution is 0.190. The Balaban J connectivity index is 1.94. The van der Waals surface area contributed by atoms with E-state index in [2.05, 4.69) is 20.6 Å². The molecule has 7 nitrogen and oxygen atoms in total. The summed E-state index contributed by atoms with van der Waals surface area (Å²) in [4.78, 5) is 22.8. The average Bonchev–Trinajstić information content (AvgIpc) is 2.72. The molecule has 0 radical (unpaired) electrons. The van der Waals surface area contributed by atoms with Gasteiger partial charge in [-0.15, -0.1) is 0 Å². The first-order valence-corrected chi connectivity index (χ1v) is 9.17. The van der Waals surface area contributed by atoms with Crippen molar-refractivity contribution < 1.29 is 18.3 Å². The summed E-state index contributed by atoms with van der Waals surface area (Å²) < 4.78 is 32.6. The first-order valence-electron chi connectivity index (χ1n) is 9.17. The molecule has 3 rings (SSSR count). The van der Waals surface area contributed by atoms with Gasteiger partial charge in [0.15, 0.2) is 0 Å². The summed E-state index contributed by atoms with van der Waals surface area (Å²) in [5.41, 5.74) is 0.212. The molecular weight excluding hydrogens is 392 g/mol. The zero-order valence-corrected chi connectivity index (χ0v) is 16.5. The van der Waals surface area contributed by atoms with Gasteiger partial charge in [-0.05, 0) is 31.2 Å². The molecule has 0 spiro atoms. The highest BCUT2D eigenvalue weighted by Gasteiger charge is 2.21. The molecule has 0 bridgehead atoms. The zero-order valence-electron chi connectivity index (χ0n) is 16.5. The van der Waals surface area contributed by atoms with E-state index < -0.39 is 17.7 Å². The van der Waals surface area contributed by atoms with Gasteiger partial charge in [-0.2, -0.15) is 4.98 Å². The molecule has 3 aromatic rings. The number of benzene rings is 2. The number of carbonyl (C=O) groups is 1. The van der Waals surface area contributed by atoms with Crippen LogP contribution in [0.5, 0.6) is 0 Å². The fourth-order valence-corrected chi connectivity index (χ4v) is 2.75. The SMILES string of the molecule is COCC(C)Nc1nccc(N(C(=O)Nc2cc(F)ccc2F)c2ccccc2)n1. The molecular formula is C21H21F2N5O2. The van der Waals surface area contributed by atoms with Crippen molar-refractivity contribution in [3.05, 3.63) is 72.4 Å². The number of para-hydroxylation sites is 1. The number of nitrogens with one attached hydrogen (secondary N) is 2. The molecule has 2 N–H and O–H groups in total. The Hall–Kier alpha value is -3.59. The van der Waals surface area contributed by atoms with E-state index in [0.717, 1.165) is 18.2 Å². The average molecular weight is 413 g/mol. The van der Waals surface area contributed by atoms with Crippen LogP contribution in [-0.2, 0) is 4.74 Å². The Labute approximate surface area is 172 Å². The van der Waals surface area contributed by atoms with Crippen LogP contribution in [0.15, 0.2) is 60.8 Å². The van der Waals surface area contributed by atoms with Crippen LogP contribution in [0, 0.1) is 11.6 Å². The topological polar surface area (TPSA) is 79.4 Å². The number of aromatic nitrogens is 2. The fraction of sp³-hybridized carbons (Fsp3) is 0.190. The molecule has 0 saturated heterocycles. The van der Waals surface area contributed by atoms with Crippen molar-refractivity contribution in [3.8, 4) is 0 Å². The zero-order chi connectivity index (χ0) is 21.5. The summed E-state index contributed by atoms with van der Waals surface area (Å²) in [6.07, 6.45) is 1.50. The second-order valence-corrected chi connectivity index (χ2v) is 6.46. The minimum absolute atomic E-state index is 0.0642. The van der Waals surface area contributed by atoms with Crippen LogP contribution >= 0.6 is 0 Å². The number of halogens is 2. The highest BCUT2D eigenvalue weighted by Crippen LogP contribution is 2.26. The predicted molar refractivity (Wildman–Crippen MR) is 111 cm³/mol. The van der Waals surface area contributed by atoms with Gasteiger partial charge in [0, 0.05) is 31.5 Å². The van der Waals surface area contributed by atoms with Crippen LogP contribution in [0.2, 0.25) is 0 Å². The number of methoxy groups -OCH3 is 1. The van der Waals surface area contributed by atoms with Crippen molar-refractivity contribution in [2.24, 2.45) is 0 Å². The third-order valence-electron chi connectivity index (χ3n) is 4.05. The summed E-state index contributed by atoms with van der Waals surface area (Å²) in [5.74, 6) is -0.879. The molecule has 0 aliphatic heterocycles. The Kier molecular flexibility index (Phi) is 6.87. The molecule has 9 heteroatoms. The molecule has 1 heterocycles. The maximum Gasteiger partial charge on any atom is 0.332 e. The number of nitrogens with zero attached hydrogens (tertiary/aromatic N) is 3. The summed E-state index contributed by atoms with van der Waals surface area (Å²) in [7, 11) is 1.59. The van der Waals surface area contributed by atoms with Gasteiger partial charge in [0.25, 0.3) is 0 Å². The molecule has 1 atom stereocenters. The lowest BCUT2D eigenvalue weighted by atomic mass is 10.2. The number of amides is 2. The van der Waals surface area contributed by atoms with Crippen molar-refractivity contribution in [2.45, 2.75) is 13.0 Å². The Morgan fingerprint density at radius 3 is 2.67 bits per heavy atom. The molecule has 0 aliphatic rings. The lowest BCUT2D eigenvalue weighted by Crippen LogP contribution is -2.32. The summed E-state index contributed by atoms with van der Waals surface area (Å²) >= 11 is 0. The van der Waals surface area contributed by atoms with Gasteiger partial charge in [-0.25, -0.2) is 23.5 Å². The van der Waals surface area contributed by atoms with Gasteiger partial charge in [0.1, 0.15) is 17.5 Å². The molecule has 2 aromatic carbocycles. The van der Waals surface area contributed by atoms with Crippen LogP contribution in [0.4, 0.5) is 36.7 Å². The van der Waals surface area contributed by atoms with Crippen molar-refractivity contribution in [1.82, 2.24) is 9.97 Å². The van der Waals surface area contributed by atoms with Crippen molar-refractivity contribution in [1.29, 1.82) is 0 Å². The maximum atomic E-state index is 14.0. The third kappa shape index (κ3) is 5.26. The molecule has 2 amide bonds. The third-order valence-corrected chi connectivity index (χ3v) is 4.05. The molecule has 1 aromatic heterocycles. The van der Waals surface area contributed by atoms with E-state index in [4.69, 9.17) is 4.74 Å². The van der Waals surface area contributed by atoms with E-state index in [0.29, 0.717) is 18.2 Å². The first kappa shape index (κ1) is 21.1. The standard InChI is InChI=1S/C21H21F2N5O2/c1-14(13-30-2)25-20-24-11-10-19(27-20)28(16-6-4-3-5-7-16)21(29)26-18-12-15(22)8-9-17(18)23/h3-12,14H,13H2,1-2H3,(H,26,29)(H,24,25,27). The van der Waals surface area contributed by atoms with Crippen LogP contribution in [0.1, 0.15) is 6.92 Å². The van der Waals surface area contributed by atoms with Crippen molar-refractivity contribution >= 4 is 29.2 Å². The number of urea groups is 1. The number of hydrogen-bond donors (Lipinski definition) is 2. The monoisotopic (exact) mass is 413 g/mol. The van der Waals surface area contributed by atoms with Crippen LogP contribution in [0.3, 0.4) is 0 Å². The Morgan fingerprint density at radius 2 is 1.93 bits per heavy atom. The van der Waals surface area contributed by atoms with E-state index in [1.165, 1.54) is 11.1 Å². The van der Waals surface area contributed by atoms with E-state index in [9.17, 15) is 13.6 Å². The first-order chi connectivity index (χ1) is 14.5. The van der Waals surface area contributed by atoms with Gasteiger partial charge in [0.2, 0.25) is 5.95 Å². The normalized spacial score (nSPS) is 11.6. The number of anilines is 4. The Bertz CT molecular complexity index is 1000.